The number of carbonyl (C=O) groups excluding carboxylic acids is 1. The minimum absolute atomic E-state index is 0.0752. The average molecular weight is 274 g/mol. The fourth-order valence-electron chi connectivity index (χ4n) is 1.85. The molecular formula is C14H18N4O2. The topological polar surface area (TPSA) is 69.0 Å². The van der Waals surface area contributed by atoms with Gasteiger partial charge in [0, 0.05) is 13.2 Å². The van der Waals surface area contributed by atoms with Crippen LogP contribution in [-0.2, 0) is 4.74 Å². The highest BCUT2D eigenvalue weighted by Gasteiger charge is 2.17. The van der Waals surface area contributed by atoms with Crippen molar-refractivity contribution in [3.05, 3.63) is 41.7 Å². The van der Waals surface area contributed by atoms with Crippen LogP contribution >= 0.6 is 0 Å². The van der Waals surface area contributed by atoms with Crippen LogP contribution in [0.3, 0.4) is 0 Å². The number of amides is 1. The van der Waals surface area contributed by atoms with Crippen molar-refractivity contribution in [2.75, 3.05) is 13.7 Å². The van der Waals surface area contributed by atoms with Gasteiger partial charge in [-0.1, -0.05) is 18.2 Å². The number of methoxy groups -OCH3 is 1. The van der Waals surface area contributed by atoms with E-state index in [2.05, 4.69) is 15.5 Å². The zero-order chi connectivity index (χ0) is 14.5. The Hall–Kier alpha value is -2.21. The van der Waals surface area contributed by atoms with E-state index in [1.165, 1.54) is 4.80 Å². The SMILES string of the molecule is COCC(C)NC(=O)c1nn(-c2ccccc2)nc1C. The number of aromatic nitrogens is 3. The van der Waals surface area contributed by atoms with Crippen molar-refractivity contribution in [1.29, 1.82) is 0 Å². The molecule has 1 N–H and O–H groups in total. The lowest BCUT2D eigenvalue weighted by Crippen LogP contribution is -2.36. The summed E-state index contributed by atoms with van der Waals surface area (Å²) < 4.78 is 4.99. The zero-order valence-electron chi connectivity index (χ0n) is 11.8. The molecule has 1 unspecified atom stereocenters. The number of nitrogens with zero attached hydrogens (tertiary/aromatic N) is 3. The fraction of sp³-hybridized carbons (Fsp3) is 0.357. The second-order valence-corrected chi connectivity index (χ2v) is 4.59. The van der Waals surface area contributed by atoms with Gasteiger partial charge in [-0.25, -0.2) is 0 Å². The molecule has 0 saturated heterocycles. The van der Waals surface area contributed by atoms with Crippen molar-refractivity contribution in [3.63, 3.8) is 0 Å². The van der Waals surface area contributed by atoms with E-state index in [1.54, 1.807) is 14.0 Å². The maximum Gasteiger partial charge on any atom is 0.274 e. The summed E-state index contributed by atoms with van der Waals surface area (Å²) in [7, 11) is 1.60. The number of hydrogen-bond acceptors (Lipinski definition) is 4. The Labute approximate surface area is 117 Å². The Morgan fingerprint density at radius 3 is 2.70 bits per heavy atom. The summed E-state index contributed by atoms with van der Waals surface area (Å²) in [5.74, 6) is -0.241. The molecule has 6 heteroatoms. The van der Waals surface area contributed by atoms with Crippen molar-refractivity contribution in [2.24, 2.45) is 0 Å². The maximum absolute atomic E-state index is 12.1. The van der Waals surface area contributed by atoms with Crippen molar-refractivity contribution < 1.29 is 9.53 Å². The minimum atomic E-state index is -0.241. The van der Waals surface area contributed by atoms with Crippen molar-refractivity contribution >= 4 is 5.91 Å². The molecule has 1 heterocycles. The Balaban J connectivity index is 2.17. The molecule has 0 radical (unpaired) electrons. The molecule has 0 fully saturated rings. The summed E-state index contributed by atoms with van der Waals surface area (Å²) in [5, 5.41) is 11.3. The fourth-order valence-corrected chi connectivity index (χ4v) is 1.85. The van der Waals surface area contributed by atoms with Gasteiger partial charge in [0.1, 0.15) is 0 Å². The van der Waals surface area contributed by atoms with E-state index in [-0.39, 0.29) is 11.9 Å². The van der Waals surface area contributed by atoms with Crippen LogP contribution in [0.25, 0.3) is 5.69 Å². The molecule has 0 aliphatic rings. The van der Waals surface area contributed by atoms with Crippen LogP contribution in [0.1, 0.15) is 23.1 Å². The highest BCUT2D eigenvalue weighted by molar-refractivity contribution is 5.93. The summed E-state index contributed by atoms with van der Waals surface area (Å²) in [6.45, 7) is 4.10. The minimum Gasteiger partial charge on any atom is -0.383 e. The highest BCUT2D eigenvalue weighted by Crippen LogP contribution is 2.08. The van der Waals surface area contributed by atoms with Crippen molar-refractivity contribution in [2.45, 2.75) is 19.9 Å². The first-order valence-corrected chi connectivity index (χ1v) is 6.41. The zero-order valence-corrected chi connectivity index (χ0v) is 11.8. The third-order valence-corrected chi connectivity index (χ3v) is 2.78. The molecule has 1 amide bonds. The number of nitrogens with one attached hydrogen (secondary N) is 1. The largest absolute Gasteiger partial charge is 0.383 e. The Morgan fingerprint density at radius 1 is 1.35 bits per heavy atom. The van der Waals surface area contributed by atoms with Gasteiger partial charge in [0.05, 0.1) is 18.0 Å². The number of ether oxygens (including phenoxy) is 1. The molecule has 106 valence electrons. The lowest BCUT2D eigenvalue weighted by atomic mass is 10.3. The van der Waals surface area contributed by atoms with Gasteiger partial charge in [-0.3, -0.25) is 4.79 Å². The smallest absolute Gasteiger partial charge is 0.274 e. The van der Waals surface area contributed by atoms with Gasteiger partial charge >= 0.3 is 0 Å². The van der Waals surface area contributed by atoms with E-state index in [4.69, 9.17) is 4.74 Å². The van der Waals surface area contributed by atoms with Gasteiger partial charge in [-0.15, -0.1) is 5.10 Å². The molecule has 1 atom stereocenters. The van der Waals surface area contributed by atoms with Gasteiger partial charge in [0.2, 0.25) is 0 Å². The predicted octanol–water partition coefficient (Wildman–Crippen LogP) is 1.34. The first-order valence-electron chi connectivity index (χ1n) is 6.41. The van der Waals surface area contributed by atoms with Gasteiger partial charge in [-0.05, 0) is 26.0 Å². The quantitative estimate of drug-likeness (QED) is 0.893. The average Bonchev–Trinajstić information content (AvgIpc) is 2.82. The maximum atomic E-state index is 12.1. The summed E-state index contributed by atoms with van der Waals surface area (Å²) in [5.41, 5.74) is 1.74. The third-order valence-electron chi connectivity index (χ3n) is 2.78. The molecule has 1 aromatic heterocycles. The molecule has 1 aromatic carbocycles. The van der Waals surface area contributed by atoms with Gasteiger partial charge in [0.25, 0.3) is 5.91 Å². The summed E-state index contributed by atoms with van der Waals surface area (Å²) >= 11 is 0. The summed E-state index contributed by atoms with van der Waals surface area (Å²) in [4.78, 5) is 13.6. The number of aryl methyl sites for hydroxylation is 1. The summed E-state index contributed by atoms with van der Waals surface area (Å²) in [6.07, 6.45) is 0. The molecule has 2 rings (SSSR count). The van der Waals surface area contributed by atoms with Crippen LogP contribution in [0.5, 0.6) is 0 Å². The molecule has 0 saturated carbocycles. The van der Waals surface area contributed by atoms with E-state index in [0.29, 0.717) is 18.0 Å². The van der Waals surface area contributed by atoms with Gasteiger partial charge in [-0.2, -0.15) is 9.90 Å². The second kappa shape index (κ2) is 6.29. The summed E-state index contributed by atoms with van der Waals surface area (Å²) in [6, 6.07) is 9.40. The molecule has 0 aliphatic carbocycles. The van der Waals surface area contributed by atoms with E-state index in [9.17, 15) is 4.79 Å². The van der Waals surface area contributed by atoms with Gasteiger partial charge in [0.15, 0.2) is 5.69 Å². The second-order valence-electron chi connectivity index (χ2n) is 4.59. The van der Waals surface area contributed by atoms with E-state index >= 15 is 0 Å². The molecule has 2 aromatic rings. The number of hydrogen-bond donors (Lipinski definition) is 1. The Kier molecular flexibility index (Phi) is 4.47. The van der Waals surface area contributed by atoms with E-state index in [0.717, 1.165) is 5.69 Å². The molecule has 20 heavy (non-hydrogen) atoms. The first-order chi connectivity index (χ1) is 9.61. The Morgan fingerprint density at radius 2 is 2.05 bits per heavy atom. The molecule has 0 spiro atoms. The molecule has 0 aliphatic heterocycles. The van der Waals surface area contributed by atoms with Crippen LogP contribution in [0.2, 0.25) is 0 Å². The lowest BCUT2D eigenvalue weighted by molar-refractivity contribution is 0.0899. The monoisotopic (exact) mass is 274 g/mol. The van der Waals surface area contributed by atoms with Crippen LogP contribution < -0.4 is 5.32 Å². The van der Waals surface area contributed by atoms with Gasteiger partial charge < -0.3 is 10.1 Å². The third kappa shape index (κ3) is 3.21. The standard InChI is InChI=1S/C14H18N4O2/c1-10(9-20-3)15-14(19)13-11(2)16-18(17-13)12-7-5-4-6-8-12/h4-8,10H,9H2,1-3H3,(H,15,19). The van der Waals surface area contributed by atoms with Crippen LogP contribution in [0.4, 0.5) is 0 Å². The number of rotatable bonds is 5. The molecular weight excluding hydrogens is 256 g/mol. The normalized spacial score (nSPS) is 12.2. The predicted molar refractivity (Wildman–Crippen MR) is 74.9 cm³/mol. The first kappa shape index (κ1) is 14.2. The number of para-hydroxylation sites is 1. The highest BCUT2D eigenvalue weighted by atomic mass is 16.5. The molecule has 6 nitrogen and oxygen atoms in total. The van der Waals surface area contributed by atoms with E-state index < -0.39 is 0 Å². The van der Waals surface area contributed by atoms with Crippen molar-refractivity contribution in [1.82, 2.24) is 20.3 Å². The lowest BCUT2D eigenvalue weighted by Gasteiger charge is -2.11. The van der Waals surface area contributed by atoms with Crippen molar-refractivity contribution in [3.8, 4) is 5.69 Å². The van der Waals surface area contributed by atoms with Crippen LogP contribution in [0.15, 0.2) is 30.3 Å². The Bertz CT molecular complexity index is 580. The van der Waals surface area contributed by atoms with E-state index in [1.807, 2.05) is 37.3 Å². The number of benzene rings is 1. The van der Waals surface area contributed by atoms with Crippen LogP contribution in [-0.4, -0.2) is 40.7 Å². The molecule has 0 bridgehead atoms. The van der Waals surface area contributed by atoms with Crippen LogP contribution in [0, 0.1) is 6.92 Å². The number of carbonyl (C=O) groups is 1.